The maximum atomic E-state index is 11.9. The third kappa shape index (κ3) is 2.81. The molecule has 15 heavy (non-hydrogen) atoms. The minimum atomic E-state index is -0.773. The van der Waals surface area contributed by atoms with Crippen LogP contribution in [0, 0.1) is 0 Å². The highest BCUT2D eigenvalue weighted by molar-refractivity contribution is 5.97. The van der Waals surface area contributed by atoms with Crippen molar-refractivity contribution in [2.45, 2.75) is 33.2 Å². The van der Waals surface area contributed by atoms with E-state index in [0.717, 1.165) is 5.57 Å². The average molecular weight is 210 g/mol. The number of carbonyl (C=O) groups excluding carboxylic acids is 2. The number of nitrogens with one attached hydrogen (secondary N) is 1. The van der Waals surface area contributed by atoms with E-state index in [1.807, 2.05) is 19.9 Å². The average Bonchev–Trinajstić information content (AvgIpc) is 2.08. The predicted octanol–water partition coefficient (Wildman–Crippen LogP) is 0.690. The summed E-state index contributed by atoms with van der Waals surface area (Å²) in [6, 6.07) is 0. The monoisotopic (exact) mass is 210 g/mol. The molecule has 1 saturated heterocycles. The van der Waals surface area contributed by atoms with E-state index in [-0.39, 0.29) is 18.4 Å². The van der Waals surface area contributed by atoms with Crippen LogP contribution in [0.3, 0.4) is 0 Å². The highest BCUT2D eigenvalue weighted by atomic mass is 16.2. The van der Waals surface area contributed by atoms with E-state index in [1.54, 1.807) is 18.7 Å². The van der Waals surface area contributed by atoms with Crippen LogP contribution >= 0.6 is 0 Å². The molecule has 0 aromatic rings. The smallest absolute Gasteiger partial charge is 0.248 e. The first-order valence-corrected chi connectivity index (χ1v) is 5.06. The third-order valence-corrected chi connectivity index (χ3v) is 2.33. The summed E-state index contributed by atoms with van der Waals surface area (Å²) >= 11 is 0. The molecule has 1 heterocycles. The molecular weight excluding hydrogens is 192 g/mol. The summed E-state index contributed by atoms with van der Waals surface area (Å²) in [6.07, 6.45) is 1.95. The largest absolute Gasteiger partial charge is 0.341 e. The summed E-state index contributed by atoms with van der Waals surface area (Å²) in [5, 5.41) is 2.67. The Morgan fingerprint density at radius 2 is 2.07 bits per heavy atom. The van der Waals surface area contributed by atoms with Gasteiger partial charge in [0.25, 0.3) is 0 Å². The molecular formula is C11H18N2O2. The van der Waals surface area contributed by atoms with Gasteiger partial charge in [0.1, 0.15) is 5.54 Å². The van der Waals surface area contributed by atoms with Gasteiger partial charge >= 0.3 is 0 Å². The van der Waals surface area contributed by atoms with Crippen LogP contribution < -0.4 is 5.32 Å². The minimum Gasteiger partial charge on any atom is -0.341 e. The number of piperazine rings is 1. The molecule has 0 aromatic heterocycles. The topological polar surface area (TPSA) is 49.4 Å². The van der Waals surface area contributed by atoms with Crippen LogP contribution in [-0.4, -0.2) is 35.3 Å². The van der Waals surface area contributed by atoms with Crippen LogP contribution in [0.1, 0.15) is 27.7 Å². The van der Waals surface area contributed by atoms with E-state index < -0.39 is 5.54 Å². The summed E-state index contributed by atoms with van der Waals surface area (Å²) in [5.74, 6) is -0.124. The van der Waals surface area contributed by atoms with Gasteiger partial charge in [-0.25, -0.2) is 0 Å². The maximum Gasteiger partial charge on any atom is 0.248 e. The van der Waals surface area contributed by atoms with Gasteiger partial charge in [-0.15, -0.1) is 0 Å². The Labute approximate surface area is 90.3 Å². The minimum absolute atomic E-state index is 0.0281. The molecule has 84 valence electrons. The van der Waals surface area contributed by atoms with Crippen molar-refractivity contribution in [3.63, 3.8) is 0 Å². The van der Waals surface area contributed by atoms with Gasteiger partial charge < -0.3 is 10.2 Å². The van der Waals surface area contributed by atoms with Crippen molar-refractivity contribution in [3.8, 4) is 0 Å². The lowest BCUT2D eigenvalue weighted by Gasteiger charge is -2.37. The number of nitrogens with zero attached hydrogens (tertiary/aromatic N) is 1. The van der Waals surface area contributed by atoms with E-state index in [1.165, 1.54) is 0 Å². The zero-order chi connectivity index (χ0) is 11.6. The summed E-state index contributed by atoms with van der Waals surface area (Å²) in [5.41, 5.74) is 0.372. The molecule has 0 aromatic carbocycles. The van der Waals surface area contributed by atoms with Crippen molar-refractivity contribution >= 4 is 11.8 Å². The molecule has 2 amide bonds. The molecule has 1 aliphatic heterocycles. The number of hydrogen-bond acceptors (Lipinski definition) is 2. The van der Waals surface area contributed by atoms with Gasteiger partial charge in [0, 0.05) is 6.54 Å². The van der Waals surface area contributed by atoms with Crippen LogP contribution in [0.2, 0.25) is 0 Å². The molecule has 4 heteroatoms. The van der Waals surface area contributed by atoms with Crippen LogP contribution in [0.5, 0.6) is 0 Å². The molecule has 0 saturated carbocycles. The Morgan fingerprint density at radius 1 is 1.47 bits per heavy atom. The highest BCUT2D eigenvalue weighted by Gasteiger charge is 2.38. The van der Waals surface area contributed by atoms with Crippen molar-refractivity contribution < 1.29 is 9.59 Å². The number of rotatable bonds is 2. The van der Waals surface area contributed by atoms with Gasteiger partial charge in [-0.3, -0.25) is 9.59 Å². The second-order valence-electron chi connectivity index (χ2n) is 4.64. The van der Waals surface area contributed by atoms with Crippen molar-refractivity contribution in [1.82, 2.24) is 10.2 Å². The van der Waals surface area contributed by atoms with Crippen LogP contribution in [0.25, 0.3) is 0 Å². The summed E-state index contributed by atoms with van der Waals surface area (Å²) in [6.45, 7) is 8.06. The Balaban J connectivity index is 2.76. The third-order valence-electron chi connectivity index (χ3n) is 2.33. The zero-order valence-corrected chi connectivity index (χ0v) is 9.76. The van der Waals surface area contributed by atoms with Gasteiger partial charge in [0.2, 0.25) is 11.8 Å². The SMILES string of the molecule is CC(C)=CCN1CC(=O)NC(C)(C)C1=O. The van der Waals surface area contributed by atoms with Crippen LogP contribution in [0.4, 0.5) is 0 Å². The first-order chi connectivity index (χ1) is 6.83. The van der Waals surface area contributed by atoms with E-state index in [9.17, 15) is 9.59 Å². The first-order valence-electron chi connectivity index (χ1n) is 5.06. The van der Waals surface area contributed by atoms with Crippen molar-refractivity contribution in [2.24, 2.45) is 0 Å². The van der Waals surface area contributed by atoms with Crippen LogP contribution in [0.15, 0.2) is 11.6 Å². The standard InChI is InChI=1S/C11H18N2O2/c1-8(2)5-6-13-7-9(14)12-11(3,4)10(13)15/h5H,6-7H2,1-4H3,(H,12,14). The molecule has 1 rings (SSSR count). The normalized spacial score (nSPS) is 19.9. The van der Waals surface area contributed by atoms with E-state index in [4.69, 9.17) is 0 Å². The fraction of sp³-hybridized carbons (Fsp3) is 0.636. The first kappa shape index (κ1) is 11.8. The fourth-order valence-electron chi connectivity index (χ4n) is 1.52. The molecule has 4 nitrogen and oxygen atoms in total. The predicted molar refractivity (Wildman–Crippen MR) is 58.2 cm³/mol. The molecule has 1 aliphatic rings. The number of allylic oxidation sites excluding steroid dienone is 1. The molecule has 0 aliphatic carbocycles. The molecule has 0 bridgehead atoms. The number of hydrogen-bond donors (Lipinski definition) is 1. The van der Waals surface area contributed by atoms with Gasteiger partial charge in [-0.2, -0.15) is 0 Å². The Morgan fingerprint density at radius 3 is 2.60 bits per heavy atom. The van der Waals surface area contributed by atoms with Gasteiger partial charge in [-0.1, -0.05) is 11.6 Å². The second kappa shape index (κ2) is 4.04. The quantitative estimate of drug-likeness (QED) is 0.682. The van der Waals surface area contributed by atoms with Crippen molar-refractivity contribution in [2.75, 3.05) is 13.1 Å². The maximum absolute atomic E-state index is 11.9. The molecule has 0 radical (unpaired) electrons. The van der Waals surface area contributed by atoms with Crippen molar-refractivity contribution in [3.05, 3.63) is 11.6 Å². The lowest BCUT2D eigenvalue weighted by Crippen LogP contribution is -2.63. The summed E-state index contributed by atoms with van der Waals surface area (Å²) < 4.78 is 0. The number of carbonyl (C=O) groups is 2. The Kier molecular flexibility index (Phi) is 3.17. The molecule has 1 fully saturated rings. The van der Waals surface area contributed by atoms with Gasteiger partial charge in [-0.05, 0) is 27.7 Å². The molecule has 0 atom stereocenters. The zero-order valence-electron chi connectivity index (χ0n) is 9.76. The van der Waals surface area contributed by atoms with E-state index in [0.29, 0.717) is 6.54 Å². The molecule has 1 N–H and O–H groups in total. The Hall–Kier alpha value is -1.32. The summed E-state index contributed by atoms with van der Waals surface area (Å²) in [4.78, 5) is 24.8. The molecule has 0 spiro atoms. The lowest BCUT2D eigenvalue weighted by molar-refractivity contribution is -0.147. The highest BCUT2D eigenvalue weighted by Crippen LogP contribution is 2.13. The van der Waals surface area contributed by atoms with Crippen LogP contribution in [-0.2, 0) is 9.59 Å². The number of amides is 2. The van der Waals surface area contributed by atoms with Gasteiger partial charge in [0.15, 0.2) is 0 Å². The van der Waals surface area contributed by atoms with Crippen molar-refractivity contribution in [1.29, 1.82) is 0 Å². The molecule has 0 unspecified atom stereocenters. The second-order valence-corrected chi connectivity index (χ2v) is 4.64. The Bertz CT molecular complexity index is 315. The van der Waals surface area contributed by atoms with Gasteiger partial charge in [0.05, 0.1) is 6.54 Å². The van der Waals surface area contributed by atoms with E-state index in [2.05, 4.69) is 5.32 Å². The van der Waals surface area contributed by atoms with E-state index >= 15 is 0 Å². The fourth-order valence-corrected chi connectivity index (χ4v) is 1.52. The lowest BCUT2D eigenvalue weighted by atomic mass is 10.0. The summed E-state index contributed by atoms with van der Waals surface area (Å²) in [7, 11) is 0.